The lowest BCUT2D eigenvalue weighted by Crippen LogP contribution is -2.44. The number of pyridine rings is 2. The first-order valence-corrected chi connectivity index (χ1v) is 10.0. The molecule has 3 aromatic rings. The van der Waals surface area contributed by atoms with Crippen molar-refractivity contribution in [3.8, 4) is 0 Å². The van der Waals surface area contributed by atoms with Gasteiger partial charge in [0.1, 0.15) is 11.6 Å². The molecule has 0 saturated heterocycles. The van der Waals surface area contributed by atoms with Crippen LogP contribution in [0.25, 0.3) is 10.9 Å². The second-order valence-corrected chi connectivity index (χ2v) is 7.43. The van der Waals surface area contributed by atoms with E-state index >= 15 is 0 Å². The topological polar surface area (TPSA) is 105 Å². The van der Waals surface area contributed by atoms with Crippen LogP contribution in [-0.2, 0) is 0 Å². The van der Waals surface area contributed by atoms with Crippen LogP contribution in [0.2, 0.25) is 0 Å². The SMILES string of the molecule is CNC1CCCCC1Nc1ccc(C(N)=O)c(Nc2cnc3ccccc3c2)n1. The van der Waals surface area contributed by atoms with Gasteiger partial charge >= 0.3 is 0 Å². The predicted molar refractivity (Wildman–Crippen MR) is 117 cm³/mol. The van der Waals surface area contributed by atoms with E-state index in [2.05, 4.69) is 25.9 Å². The Morgan fingerprint density at radius 2 is 1.90 bits per heavy atom. The zero-order valence-electron chi connectivity index (χ0n) is 16.5. The lowest BCUT2D eigenvalue weighted by Gasteiger charge is -2.32. The first kappa shape index (κ1) is 19.1. The quantitative estimate of drug-likeness (QED) is 0.514. The molecule has 2 atom stereocenters. The number of amides is 1. The number of carbonyl (C=O) groups excluding carboxylic acids is 1. The van der Waals surface area contributed by atoms with Gasteiger partial charge in [-0.15, -0.1) is 0 Å². The zero-order chi connectivity index (χ0) is 20.2. The lowest BCUT2D eigenvalue weighted by atomic mass is 9.90. The fraction of sp³-hybridized carbons (Fsp3) is 0.318. The minimum atomic E-state index is -0.522. The summed E-state index contributed by atoms with van der Waals surface area (Å²) in [6.45, 7) is 0. The summed E-state index contributed by atoms with van der Waals surface area (Å²) in [5.41, 5.74) is 7.58. The maximum atomic E-state index is 11.9. The van der Waals surface area contributed by atoms with Crippen molar-refractivity contribution in [2.75, 3.05) is 17.7 Å². The minimum Gasteiger partial charge on any atom is -0.366 e. The van der Waals surface area contributed by atoms with E-state index in [4.69, 9.17) is 5.73 Å². The van der Waals surface area contributed by atoms with Crippen LogP contribution in [0.3, 0.4) is 0 Å². The third-order valence-corrected chi connectivity index (χ3v) is 5.48. The second-order valence-electron chi connectivity index (χ2n) is 7.43. The molecular weight excluding hydrogens is 364 g/mol. The molecule has 1 fully saturated rings. The highest BCUT2D eigenvalue weighted by Crippen LogP contribution is 2.26. The van der Waals surface area contributed by atoms with E-state index in [-0.39, 0.29) is 0 Å². The van der Waals surface area contributed by atoms with Gasteiger partial charge in [0, 0.05) is 17.5 Å². The van der Waals surface area contributed by atoms with Gasteiger partial charge in [0.25, 0.3) is 5.91 Å². The number of hydrogen-bond donors (Lipinski definition) is 4. The highest BCUT2D eigenvalue weighted by atomic mass is 16.1. The van der Waals surface area contributed by atoms with Crippen LogP contribution in [0.5, 0.6) is 0 Å². The Labute approximate surface area is 170 Å². The molecule has 29 heavy (non-hydrogen) atoms. The van der Waals surface area contributed by atoms with Gasteiger partial charge in [-0.1, -0.05) is 31.0 Å². The van der Waals surface area contributed by atoms with Crippen molar-refractivity contribution in [2.45, 2.75) is 37.8 Å². The van der Waals surface area contributed by atoms with E-state index in [0.29, 0.717) is 23.5 Å². The van der Waals surface area contributed by atoms with E-state index in [0.717, 1.165) is 35.2 Å². The molecule has 7 heteroatoms. The van der Waals surface area contributed by atoms with E-state index in [9.17, 15) is 4.79 Å². The van der Waals surface area contributed by atoms with Crippen LogP contribution in [0.4, 0.5) is 17.3 Å². The lowest BCUT2D eigenvalue weighted by molar-refractivity contribution is 0.100. The molecule has 0 aliphatic heterocycles. The Balaban J connectivity index is 1.61. The summed E-state index contributed by atoms with van der Waals surface area (Å²) < 4.78 is 0. The number of nitrogens with zero attached hydrogens (tertiary/aromatic N) is 2. The molecule has 2 unspecified atom stereocenters. The predicted octanol–water partition coefficient (Wildman–Crippen LogP) is 3.41. The summed E-state index contributed by atoms with van der Waals surface area (Å²) >= 11 is 0. The number of likely N-dealkylation sites (N-methyl/N-ethyl adjacent to an activating group) is 1. The molecule has 2 aromatic heterocycles. The van der Waals surface area contributed by atoms with Crippen LogP contribution in [0, 0.1) is 0 Å². The number of para-hydroxylation sites is 1. The number of primary amides is 1. The average molecular weight is 390 g/mol. The van der Waals surface area contributed by atoms with Crippen LogP contribution < -0.4 is 21.7 Å². The molecule has 0 bridgehead atoms. The Morgan fingerprint density at radius 1 is 1.10 bits per heavy atom. The molecule has 0 radical (unpaired) electrons. The van der Waals surface area contributed by atoms with Crippen molar-refractivity contribution < 1.29 is 4.79 Å². The number of benzene rings is 1. The maximum Gasteiger partial charge on any atom is 0.252 e. The van der Waals surface area contributed by atoms with Gasteiger partial charge in [0.2, 0.25) is 0 Å². The Hall–Kier alpha value is -3.19. The van der Waals surface area contributed by atoms with Crippen molar-refractivity contribution in [1.29, 1.82) is 0 Å². The van der Waals surface area contributed by atoms with Crippen molar-refractivity contribution in [3.05, 3.63) is 54.2 Å². The number of carbonyl (C=O) groups is 1. The molecule has 1 saturated carbocycles. The molecule has 1 aliphatic rings. The molecule has 7 nitrogen and oxygen atoms in total. The summed E-state index contributed by atoms with van der Waals surface area (Å²) in [7, 11) is 1.99. The third-order valence-electron chi connectivity index (χ3n) is 5.48. The number of anilines is 3. The van der Waals surface area contributed by atoms with Crippen LogP contribution in [0.1, 0.15) is 36.0 Å². The number of rotatable bonds is 6. The second kappa shape index (κ2) is 8.45. The molecule has 0 spiro atoms. The molecular formula is C22H26N6O. The molecule has 5 N–H and O–H groups in total. The van der Waals surface area contributed by atoms with Crippen molar-refractivity contribution in [3.63, 3.8) is 0 Å². The maximum absolute atomic E-state index is 11.9. The van der Waals surface area contributed by atoms with Crippen LogP contribution in [-0.4, -0.2) is 35.0 Å². The molecule has 4 rings (SSSR count). The van der Waals surface area contributed by atoms with Crippen molar-refractivity contribution >= 4 is 34.1 Å². The first-order valence-electron chi connectivity index (χ1n) is 10.0. The summed E-state index contributed by atoms with van der Waals surface area (Å²) in [5, 5.41) is 11.1. The largest absolute Gasteiger partial charge is 0.366 e. The average Bonchev–Trinajstić information content (AvgIpc) is 2.74. The van der Waals surface area contributed by atoms with Gasteiger partial charge in [-0.25, -0.2) is 4.98 Å². The normalized spacial score (nSPS) is 19.1. The third kappa shape index (κ3) is 4.30. The van der Waals surface area contributed by atoms with E-state index in [1.807, 2.05) is 43.4 Å². The molecule has 1 aromatic carbocycles. The van der Waals surface area contributed by atoms with Crippen LogP contribution >= 0.6 is 0 Å². The summed E-state index contributed by atoms with van der Waals surface area (Å²) in [4.78, 5) is 21.0. The van der Waals surface area contributed by atoms with Gasteiger partial charge < -0.3 is 21.7 Å². The summed E-state index contributed by atoms with van der Waals surface area (Å²) in [6.07, 6.45) is 6.39. The number of fused-ring (bicyclic) bond motifs is 1. The monoisotopic (exact) mass is 390 g/mol. The van der Waals surface area contributed by atoms with Gasteiger partial charge in [-0.3, -0.25) is 9.78 Å². The highest BCUT2D eigenvalue weighted by Gasteiger charge is 2.24. The molecule has 1 amide bonds. The summed E-state index contributed by atoms with van der Waals surface area (Å²) in [6, 6.07) is 14.1. The Morgan fingerprint density at radius 3 is 2.69 bits per heavy atom. The van der Waals surface area contributed by atoms with Gasteiger partial charge in [0.15, 0.2) is 0 Å². The van der Waals surface area contributed by atoms with Gasteiger partial charge in [0.05, 0.1) is 23.0 Å². The minimum absolute atomic E-state index is 0.302. The fourth-order valence-electron chi connectivity index (χ4n) is 3.95. The van der Waals surface area contributed by atoms with Gasteiger partial charge in [-0.2, -0.15) is 0 Å². The molecule has 2 heterocycles. The number of aromatic nitrogens is 2. The highest BCUT2D eigenvalue weighted by molar-refractivity contribution is 5.98. The van der Waals surface area contributed by atoms with Crippen LogP contribution in [0.15, 0.2) is 48.7 Å². The summed E-state index contributed by atoms with van der Waals surface area (Å²) in [5.74, 6) is 0.626. The number of nitrogens with one attached hydrogen (secondary N) is 3. The van der Waals surface area contributed by atoms with Gasteiger partial charge in [-0.05, 0) is 44.2 Å². The number of nitrogens with two attached hydrogens (primary N) is 1. The fourth-order valence-corrected chi connectivity index (χ4v) is 3.95. The number of hydrogen-bond acceptors (Lipinski definition) is 6. The Bertz CT molecular complexity index is 1020. The first-order chi connectivity index (χ1) is 14.1. The zero-order valence-corrected chi connectivity index (χ0v) is 16.5. The van der Waals surface area contributed by atoms with E-state index in [1.165, 1.54) is 12.8 Å². The van der Waals surface area contributed by atoms with Crippen molar-refractivity contribution in [2.24, 2.45) is 5.73 Å². The smallest absolute Gasteiger partial charge is 0.252 e. The Kier molecular flexibility index (Phi) is 5.57. The standard InChI is InChI=1S/C22H26N6O/c1-24-18-8-4-5-9-19(18)27-20-11-10-16(21(23)29)22(28-20)26-15-12-14-6-2-3-7-17(14)25-13-15/h2-3,6-7,10-13,18-19,24H,4-5,8-9H2,1H3,(H2,23,29)(H2,26,27,28). The van der Waals surface area contributed by atoms with E-state index in [1.54, 1.807) is 12.3 Å². The van der Waals surface area contributed by atoms with Crippen molar-refractivity contribution in [1.82, 2.24) is 15.3 Å². The van der Waals surface area contributed by atoms with E-state index < -0.39 is 5.91 Å². The molecule has 1 aliphatic carbocycles. The molecule has 150 valence electrons.